The number of hydrogen-bond acceptors (Lipinski definition) is 4. The van der Waals surface area contributed by atoms with Gasteiger partial charge in [-0.15, -0.1) is 0 Å². The number of carbonyl (C=O) groups is 1. The van der Waals surface area contributed by atoms with E-state index in [0.29, 0.717) is 13.2 Å². The fourth-order valence-electron chi connectivity index (χ4n) is 1.40. The van der Waals surface area contributed by atoms with Crippen LogP contribution in [0.3, 0.4) is 0 Å². The Morgan fingerprint density at radius 3 is 2.47 bits per heavy atom. The third-order valence-corrected chi connectivity index (χ3v) is 2.23. The van der Waals surface area contributed by atoms with Gasteiger partial charge in [0.05, 0.1) is 0 Å². The number of carbonyl (C=O) groups excluding carboxylic acids is 1. The first-order valence-electron chi connectivity index (χ1n) is 5.43. The molecule has 0 aliphatic rings. The summed E-state index contributed by atoms with van der Waals surface area (Å²) in [6.07, 6.45) is 1.70. The second-order valence-corrected chi connectivity index (χ2v) is 3.69. The third kappa shape index (κ3) is 4.74. The predicted molar refractivity (Wildman–Crippen MR) is 63.2 cm³/mol. The van der Waals surface area contributed by atoms with Gasteiger partial charge in [0.1, 0.15) is 11.5 Å². The summed E-state index contributed by atoms with van der Waals surface area (Å²) in [5.74, 6) is -0.572. The smallest absolute Gasteiger partial charge is 0.251 e. The van der Waals surface area contributed by atoms with Gasteiger partial charge in [0, 0.05) is 31.9 Å². The number of phenolic OH excluding ortho intramolecular Hbond substituents is 2. The van der Waals surface area contributed by atoms with Gasteiger partial charge in [-0.25, -0.2) is 0 Å². The Morgan fingerprint density at radius 1 is 1.24 bits per heavy atom. The number of unbranched alkanes of at least 4 members (excludes halogenated alkanes) is 1. The third-order valence-electron chi connectivity index (χ3n) is 2.23. The molecule has 5 nitrogen and oxygen atoms in total. The summed E-state index contributed by atoms with van der Waals surface area (Å²) >= 11 is 0. The van der Waals surface area contributed by atoms with Crippen LogP contribution < -0.4 is 5.32 Å². The van der Waals surface area contributed by atoms with E-state index in [1.165, 1.54) is 18.2 Å². The number of nitrogens with one attached hydrogen (secondary N) is 1. The Bertz CT molecular complexity index is 359. The highest BCUT2D eigenvalue weighted by Gasteiger charge is 2.07. The highest BCUT2D eigenvalue weighted by Crippen LogP contribution is 2.20. The molecule has 0 heterocycles. The topological polar surface area (TPSA) is 78.8 Å². The van der Waals surface area contributed by atoms with E-state index in [0.717, 1.165) is 12.8 Å². The maximum Gasteiger partial charge on any atom is 0.251 e. The lowest BCUT2D eigenvalue weighted by Crippen LogP contribution is -2.24. The Balaban J connectivity index is 2.41. The van der Waals surface area contributed by atoms with E-state index in [9.17, 15) is 15.0 Å². The van der Waals surface area contributed by atoms with Crippen molar-refractivity contribution in [3.05, 3.63) is 23.8 Å². The fraction of sp³-hybridized carbons (Fsp3) is 0.417. The average Bonchev–Trinajstić information content (AvgIpc) is 2.27. The maximum atomic E-state index is 11.6. The van der Waals surface area contributed by atoms with Gasteiger partial charge >= 0.3 is 0 Å². The van der Waals surface area contributed by atoms with Gasteiger partial charge in [-0.1, -0.05) is 0 Å². The van der Waals surface area contributed by atoms with Crippen LogP contribution in [0.5, 0.6) is 11.5 Å². The number of hydrogen-bond donors (Lipinski definition) is 3. The second kappa shape index (κ2) is 6.75. The molecule has 17 heavy (non-hydrogen) atoms. The van der Waals surface area contributed by atoms with Crippen LogP contribution in [0, 0.1) is 0 Å². The molecule has 0 aliphatic carbocycles. The predicted octanol–water partition coefficient (Wildman–Crippen LogP) is 1.25. The van der Waals surface area contributed by atoms with Crippen LogP contribution in [0.25, 0.3) is 0 Å². The number of amides is 1. The van der Waals surface area contributed by atoms with Crippen LogP contribution in [0.15, 0.2) is 18.2 Å². The number of phenols is 2. The van der Waals surface area contributed by atoms with Crippen molar-refractivity contribution in [3.63, 3.8) is 0 Å². The van der Waals surface area contributed by atoms with E-state index in [2.05, 4.69) is 5.32 Å². The van der Waals surface area contributed by atoms with Crippen molar-refractivity contribution >= 4 is 5.91 Å². The molecule has 0 saturated heterocycles. The molecule has 0 saturated carbocycles. The Labute approximate surface area is 100 Å². The SMILES string of the molecule is COCCCCNC(=O)c1cc(O)cc(O)c1. The number of benzene rings is 1. The van der Waals surface area contributed by atoms with Crippen LogP contribution in [0.4, 0.5) is 0 Å². The molecule has 0 radical (unpaired) electrons. The van der Waals surface area contributed by atoms with Crippen molar-refractivity contribution in [2.45, 2.75) is 12.8 Å². The van der Waals surface area contributed by atoms with Gasteiger partial charge in [0.15, 0.2) is 0 Å². The van der Waals surface area contributed by atoms with Gasteiger partial charge < -0.3 is 20.3 Å². The molecule has 1 aromatic rings. The molecule has 3 N–H and O–H groups in total. The van der Waals surface area contributed by atoms with Gasteiger partial charge in [-0.05, 0) is 25.0 Å². The molecule has 0 bridgehead atoms. The first-order valence-corrected chi connectivity index (χ1v) is 5.43. The summed E-state index contributed by atoms with van der Waals surface area (Å²) in [6, 6.07) is 3.80. The molecule has 5 heteroatoms. The van der Waals surface area contributed by atoms with Crippen molar-refractivity contribution in [3.8, 4) is 11.5 Å². The first kappa shape index (κ1) is 13.3. The van der Waals surface area contributed by atoms with Gasteiger partial charge in [-0.2, -0.15) is 0 Å². The summed E-state index contributed by atoms with van der Waals surface area (Å²) < 4.78 is 4.89. The lowest BCUT2D eigenvalue weighted by atomic mass is 10.2. The fourth-order valence-corrected chi connectivity index (χ4v) is 1.40. The lowest BCUT2D eigenvalue weighted by molar-refractivity contribution is 0.0950. The van der Waals surface area contributed by atoms with E-state index in [-0.39, 0.29) is 23.0 Å². The molecule has 0 unspecified atom stereocenters. The Kier molecular flexibility index (Phi) is 5.29. The zero-order chi connectivity index (χ0) is 12.7. The minimum absolute atomic E-state index is 0.130. The first-order chi connectivity index (χ1) is 8.13. The molecule has 1 aromatic carbocycles. The standard InChI is InChI=1S/C12H17NO4/c1-17-5-3-2-4-13-12(16)9-6-10(14)8-11(15)7-9/h6-8,14-15H,2-5H2,1H3,(H,13,16). The van der Waals surface area contributed by atoms with Gasteiger partial charge in [0.2, 0.25) is 0 Å². The summed E-state index contributed by atoms with van der Waals surface area (Å²) in [6.45, 7) is 1.21. The van der Waals surface area contributed by atoms with Gasteiger partial charge in [0.25, 0.3) is 5.91 Å². The molecule has 0 atom stereocenters. The van der Waals surface area contributed by atoms with Crippen LogP contribution in [-0.2, 0) is 4.74 Å². The Morgan fingerprint density at radius 2 is 1.88 bits per heavy atom. The van der Waals surface area contributed by atoms with E-state index in [1.54, 1.807) is 7.11 Å². The molecular formula is C12H17NO4. The molecule has 94 valence electrons. The summed E-state index contributed by atoms with van der Waals surface area (Å²) in [4.78, 5) is 11.6. The molecule has 0 spiro atoms. The summed E-state index contributed by atoms with van der Waals surface area (Å²) in [7, 11) is 1.63. The quantitative estimate of drug-likeness (QED) is 0.653. The molecule has 0 aromatic heterocycles. The number of rotatable bonds is 6. The molecular weight excluding hydrogens is 222 g/mol. The average molecular weight is 239 g/mol. The van der Waals surface area contributed by atoms with Crippen LogP contribution in [0.2, 0.25) is 0 Å². The summed E-state index contributed by atoms with van der Waals surface area (Å²) in [5.41, 5.74) is 0.245. The number of aromatic hydroxyl groups is 2. The highest BCUT2D eigenvalue weighted by molar-refractivity contribution is 5.94. The van der Waals surface area contributed by atoms with Crippen molar-refractivity contribution in [2.75, 3.05) is 20.3 Å². The van der Waals surface area contributed by atoms with Crippen LogP contribution >= 0.6 is 0 Å². The largest absolute Gasteiger partial charge is 0.508 e. The van der Waals surface area contributed by atoms with Crippen LogP contribution in [-0.4, -0.2) is 36.4 Å². The Hall–Kier alpha value is -1.75. The monoisotopic (exact) mass is 239 g/mol. The highest BCUT2D eigenvalue weighted by atomic mass is 16.5. The number of ether oxygens (including phenoxy) is 1. The lowest BCUT2D eigenvalue weighted by Gasteiger charge is -2.06. The van der Waals surface area contributed by atoms with Crippen molar-refractivity contribution in [2.24, 2.45) is 0 Å². The van der Waals surface area contributed by atoms with Crippen LogP contribution in [0.1, 0.15) is 23.2 Å². The minimum atomic E-state index is -0.311. The van der Waals surface area contributed by atoms with Crippen molar-refractivity contribution in [1.82, 2.24) is 5.32 Å². The normalized spacial score (nSPS) is 10.2. The molecule has 1 amide bonds. The maximum absolute atomic E-state index is 11.6. The van der Waals surface area contributed by atoms with Crippen molar-refractivity contribution in [1.29, 1.82) is 0 Å². The second-order valence-electron chi connectivity index (χ2n) is 3.69. The van der Waals surface area contributed by atoms with Gasteiger partial charge in [-0.3, -0.25) is 4.79 Å². The van der Waals surface area contributed by atoms with E-state index in [1.807, 2.05) is 0 Å². The zero-order valence-electron chi connectivity index (χ0n) is 9.77. The molecule has 1 rings (SSSR count). The van der Waals surface area contributed by atoms with Crippen molar-refractivity contribution < 1.29 is 19.7 Å². The van der Waals surface area contributed by atoms with E-state index < -0.39 is 0 Å². The van der Waals surface area contributed by atoms with E-state index in [4.69, 9.17) is 4.74 Å². The van der Waals surface area contributed by atoms with E-state index >= 15 is 0 Å². The number of methoxy groups -OCH3 is 1. The molecule has 0 fully saturated rings. The summed E-state index contributed by atoms with van der Waals surface area (Å²) in [5, 5.41) is 21.2. The minimum Gasteiger partial charge on any atom is -0.508 e. The molecule has 0 aliphatic heterocycles. The zero-order valence-corrected chi connectivity index (χ0v) is 9.77.